The van der Waals surface area contributed by atoms with Crippen LogP contribution in [-0.2, 0) is 16.0 Å². The van der Waals surface area contributed by atoms with Crippen molar-refractivity contribution < 1.29 is 9.53 Å². The van der Waals surface area contributed by atoms with Gasteiger partial charge in [-0.15, -0.1) is 0 Å². The molecule has 3 rings (SSSR count). The number of ether oxygens (including phenoxy) is 1. The van der Waals surface area contributed by atoms with E-state index in [1.807, 2.05) is 6.07 Å². The van der Waals surface area contributed by atoms with Crippen LogP contribution in [0.5, 0.6) is 0 Å². The van der Waals surface area contributed by atoms with Crippen molar-refractivity contribution in [2.24, 2.45) is 5.41 Å². The quantitative estimate of drug-likeness (QED) is 0.904. The molecular weight excluding hydrogens is 262 g/mol. The molecule has 114 valence electrons. The summed E-state index contributed by atoms with van der Waals surface area (Å²) in [6.45, 7) is 1.72. The van der Waals surface area contributed by atoms with Crippen molar-refractivity contribution in [3.05, 3.63) is 35.9 Å². The minimum atomic E-state index is 0.224. The zero-order chi connectivity index (χ0) is 14.5. The number of benzene rings is 1. The van der Waals surface area contributed by atoms with Gasteiger partial charge in [0.2, 0.25) is 5.91 Å². The van der Waals surface area contributed by atoms with Crippen molar-refractivity contribution in [1.82, 2.24) is 5.32 Å². The summed E-state index contributed by atoms with van der Waals surface area (Å²) in [5.41, 5.74) is 1.67. The molecular formula is C18H25NO2. The van der Waals surface area contributed by atoms with Gasteiger partial charge in [0, 0.05) is 25.7 Å². The fraction of sp³-hybridized carbons (Fsp3) is 0.611. The van der Waals surface area contributed by atoms with E-state index in [0.717, 1.165) is 45.3 Å². The zero-order valence-corrected chi connectivity index (χ0v) is 12.6. The number of hydrogen-bond donors (Lipinski definition) is 1. The molecule has 1 aromatic rings. The molecule has 2 fully saturated rings. The number of carbonyl (C=O) groups is 1. The van der Waals surface area contributed by atoms with Gasteiger partial charge in [-0.05, 0) is 49.5 Å². The molecule has 1 heterocycles. The summed E-state index contributed by atoms with van der Waals surface area (Å²) in [5, 5.41) is 3.27. The molecule has 1 saturated carbocycles. The topological polar surface area (TPSA) is 38.3 Å². The van der Waals surface area contributed by atoms with Crippen molar-refractivity contribution in [1.29, 1.82) is 0 Å². The first-order valence-corrected chi connectivity index (χ1v) is 8.20. The molecule has 1 aliphatic carbocycles. The lowest BCUT2D eigenvalue weighted by molar-refractivity contribution is -0.127. The Kier molecular flexibility index (Phi) is 4.59. The lowest BCUT2D eigenvalue weighted by atomic mass is 9.60. The van der Waals surface area contributed by atoms with Crippen LogP contribution in [0, 0.1) is 5.41 Å². The third kappa shape index (κ3) is 3.46. The van der Waals surface area contributed by atoms with E-state index in [1.54, 1.807) is 0 Å². The SMILES string of the molecule is O=C(CCCc1ccccc1)NC1CCC12CCOCC2. The predicted molar refractivity (Wildman–Crippen MR) is 83.0 cm³/mol. The van der Waals surface area contributed by atoms with Crippen LogP contribution in [0.4, 0.5) is 0 Å². The predicted octanol–water partition coefficient (Wildman–Crippen LogP) is 3.08. The van der Waals surface area contributed by atoms with Crippen molar-refractivity contribution in [2.45, 2.75) is 51.0 Å². The van der Waals surface area contributed by atoms with Crippen LogP contribution in [0.2, 0.25) is 0 Å². The van der Waals surface area contributed by atoms with E-state index in [2.05, 4.69) is 29.6 Å². The lowest BCUT2D eigenvalue weighted by Crippen LogP contribution is -2.57. The molecule has 1 spiro atoms. The third-order valence-electron chi connectivity index (χ3n) is 5.21. The van der Waals surface area contributed by atoms with E-state index in [1.165, 1.54) is 12.0 Å². The number of carbonyl (C=O) groups excluding carboxylic acids is 1. The maximum atomic E-state index is 12.1. The summed E-state index contributed by atoms with van der Waals surface area (Å²) in [7, 11) is 0. The standard InChI is InChI=1S/C18H25NO2/c20-17(8-4-7-15-5-2-1-3-6-15)19-16-9-10-18(16)11-13-21-14-12-18/h1-3,5-6,16H,4,7-14H2,(H,19,20). The van der Waals surface area contributed by atoms with Gasteiger partial charge in [0.25, 0.3) is 0 Å². The number of aryl methyl sites for hydroxylation is 1. The molecule has 3 nitrogen and oxygen atoms in total. The molecule has 3 heteroatoms. The van der Waals surface area contributed by atoms with Crippen LogP contribution in [0.15, 0.2) is 30.3 Å². The lowest BCUT2D eigenvalue weighted by Gasteiger charge is -2.52. The Bertz CT molecular complexity index is 465. The van der Waals surface area contributed by atoms with E-state index in [4.69, 9.17) is 4.74 Å². The van der Waals surface area contributed by atoms with E-state index in [-0.39, 0.29) is 5.91 Å². The largest absolute Gasteiger partial charge is 0.381 e. The smallest absolute Gasteiger partial charge is 0.220 e. The summed E-state index contributed by atoms with van der Waals surface area (Å²) in [6, 6.07) is 10.8. The van der Waals surface area contributed by atoms with Crippen molar-refractivity contribution in [2.75, 3.05) is 13.2 Å². The highest BCUT2D eigenvalue weighted by atomic mass is 16.5. The van der Waals surface area contributed by atoms with Gasteiger partial charge >= 0.3 is 0 Å². The fourth-order valence-electron chi connectivity index (χ4n) is 3.66. The van der Waals surface area contributed by atoms with Crippen LogP contribution in [0.1, 0.15) is 44.1 Å². The van der Waals surface area contributed by atoms with Gasteiger partial charge in [-0.25, -0.2) is 0 Å². The molecule has 1 aliphatic heterocycles. The summed E-state index contributed by atoms with van der Waals surface area (Å²) in [4.78, 5) is 12.1. The zero-order valence-electron chi connectivity index (χ0n) is 12.6. The molecule has 1 unspecified atom stereocenters. The maximum absolute atomic E-state index is 12.1. The molecule has 1 aromatic carbocycles. The molecule has 0 radical (unpaired) electrons. The average molecular weight is 287 g/mol. The Hall–Kier alpha value is -1.35. The minimum Gasteiger partial charge on any atom is -0.381 e. The second-order valence-electron chi connectivity index (χ2n) is 6.47. The van der Waals surface area contributed by atoms with Crippen LogP contribution < -0.4 is 5.32 Å². The van der Waals surface area contributed by atoms with E-state index >= 15 is 0 Å². The first-order valence-electron chi connectivity index (χ1n) is 8.20. The Morgan fingerprint density at radius 1 is 1.19 bits per heavy atom. The number of amides is 1. The highest BCUT2D eigenvalue weighted by molar-refractivity contribution is 5.76. The number of nitrogens with one attached hydrogen (secondary N) is 1. The minimum absolute atomic E-state index is 0.224. The van der Waals surface area contributed by atoms with Gasteiger partial charge in [-0.2, -0.15) is 0 Å². The van der Waals surface area contributed by atoms with E-state index in [0.29, 0.717) is 17.9 Å². The molecule has 1 saturated heterocycles. The van der Waals surface area contributed by atoms with Crippen LogP contribution >= 0.6 is 0 Å². The normalized spacial score (nSPS) is 23.5. The molecule has 0 aromatic heterocycles. The van der Waals surface area contributed by atoms with Crippen molar-refractivity contribution in [3.63, 3.8) is 0 Å². The van der Waals surface area contributed by atoms with Gasteiger partial charge in [0.1, 0.15) is 0 Å². The monoisotopic (exact) mass is 287 g/mol. The second-order valence-corrected chi connectivity index (χ2v) is 6.47. The van der Waals surface area contributed by atoms with E-state index in [9.17, 15) is 4.79 Å². The summed E-state index contributed by atoms with van der Waals surface area (Å²) in [5.74, 6) is 0.224. The Morgan fingerprint density at radius 3 is 2.62 bits per heavy atom. The molecule has 1 atom stereocenters. The van der Waals surface area contributed by atoms with Gasteiger partial charge in [0.05, 0.1) is 0 Å². The highest BCUT2D eigenvalue weighted by Crippen LogP contribution is 2.48. The highest BCUT2D eigenvalue weighted by Gasteiger charge is 2.47. The van der Waals surface area contributed by atoms with Crippen LogP contribution in [-0.4, -0.2) is 25.2 Å². The Balaban J connectivity index is 1.40. The summed E-state index contributed by atoms with van der Waals surface area (Å²) < 4.78 is 5.46. The number of rotatable bonds is 5. The first-order chi connectivity index (χ1) is 10.3. The molecule has 1 amide bonds. The first kappa shape index (κ1) is 14.6. The number of hydrogen-bond acceptors (Lipinski definition) is 2. The molecule has 2 aliphatic rings. The molecule has 1 N–H and O–H groups in total. The summed E-state index contributed by atoms with van der Waals surface area (Å²) >= 11 is 0. The second kappa shape index (κ2) is 6.61. The molecule has 0 bridgehead atoms. The van der Waals surface area contributed by atoms with Crippen molar-refractivity contribution in [3.8, 4) is 0 Å². The van der Waals surface area contributed by atoms with Crippen molar-refractivity contribution >= 4 is 5.91 Å². The van der Waals surface area contributed by atoms with Gasteiger partial charge in [-0.1, -0.05) is 30.3 Å². The van der Waals surface area contributed by atoms with Gasteiger partial charge in [-0.3, -0.25) is 4.79 Å². The van der Waals surface area contributed by atoms with Gasteiger partial charge in [0.15, 0.2) is 0 Å². The Labute approximate surface area is 127 Å². The average Bonchev–Trinajstić information content (AvgIpc) is 2.53. The molecule has 21 heavy (non-hydrogen) atoms. The summed E-state index contributed by atoms with van der Waals surface area (Å²) in [6.07, 6.45) is 7.17. The van der Waals surface area contributed by atoms with Crippen LogP contribution in [0.25, 0.3) is 0 Å². The van der Waals surface area contributed by atoms with Crippen LogP contribution in [0.3, 0.4) is 0 Å². The third-order valence-corrected chi connectivity index (χ3v) is 5.21. The maximum Gasteiger partial charge on any atom is 0.220 e. The Morgan fingerprint density at radius 2 is 1.95 bits per heavy atom. The van der Waals surface area contributed by atoms with Gasteiger partial charge < -0.3 is 10.1 Å². The fourth-order valence-corrected chi connectivity index (χ4v) is 3.66. The van der Waals surface area contributed by atoms with E-state index < -0.39 is 0 Å².